The summed E-state index contributed by atoms with van der Waals surface area (Å²) in [5, 5.41) is 7.84. The minimum Gasteiger partial charge on any atom is -0.381 e. The molecule has 0 spiro atoms. The Hall–Kier alpha value is -1.16. The summed E-state index contributed by atoms with van der Waals surface area (Å²) >= 11 is 0. The number of hydrogen-bond donors (Lipinski definition) is 0. The molecular formula is C10H12N3O. The van der Waals surface area contributed by atoms with Gasteiger partial charge >= 0.3 is 0 Å². The van der Waals surface area contributed by atoms with Gasteiger partial charge in [-0.1, -0.05) is 0 Å². The second-order valence-electron chi connectivity index (χ2n) is 3.98. The van der Waals surface area contributed by atoms with E-state index in [4.69, 9.17) is 4.74 Å². The molecule has 3 heterocycles. The quantitative estimate of drug-likeness (QED) is 0.641. The summed E-state index contributed by atoms with van der Waals surface area (Å²) in [6, 6.07) is 3.78. The average molecular weight is 190 g/mol. The van der Waals surface area contributed by atoms with E-state index in [9.17, 15) is 0 Å². The second kappa shape index (κ2) is 3.20. The summed E-state index contributed by atoms with van der Waals surface area (Å²) in [5.41, 5.74) is 0. The fourth-order valence-corrected chi connectivity index (χ4v) is 2.30. The fraction of sp³-hybridized carbons (Fsp3) is 0.600. The first-order valence-corrected chi connectivity index (χ1v) is 4.96. The summed E-state index contributed by atoms with van der Waals surface area (Å²) in [6.07, 6.45) is 2.69. The largest absolute Gasteiger partial charge is 0.381 e. The molecule has 2 saturated heterocycles. The van der Waals surface area contributed by atoms with Gasteiger partial charge in [0.25, 0.3) is 0 Å². The van der Waals surface area contributed by atoms with Crippen molar-refractivity contribution < 1.29 is 4.74 Å². The first kappa shape index (κ1) is 8.17. The Morgan fingerprint density at radius 2 is 2.14 bits per heavy atom. The van der Waals surface area contributed by atoms with Gasteiger partial charge in [-0.2, -0.15) is 0 Å². The third-order valence-corrected chi connectivity index (χ3v) is 3.08. The van der Waals surface area contributed by atoms with Gasteiger partial charge in [-0.05, 0) is 12.1 Å². The zero-order chi connectivity index (χ0) is 9.38. The monoisotopic (exact) mass is 190 g/mol. The highest BCUT2D eigenvalue weighted by Gasteiger charge is 2.37. The molecule has 2 fully saturated rings. The Bertz CT molecular complexity index is 304. The maximum absolute atomic E-state index is 5.43. The van der Waals surface area contributed by atoms with Crippen LogP contribution in [0.1, 0.15) is 0 Å². The molecule has 2 unspecified atom stereocenters. The molecule has 3 rings (SSSR count). The van der Waals surface area contributed by atoms with E-state index in [1.165, 1.54) is 0 Å². The van der Waals surface area contributed by atoms with Crippen LogP contribution in [0.2, 0.25) is 0 Å². The topological polar surface area (TPSA) is 38.2 Å². The highest BCUT2D eigenvalue weighted by Crippen LogP contribution is 2.31. The van der Waals surface area contributed by atoms with Crippen LogP contribution in [0.5, 0.6) is 0 Å². The van der Waals surface area contributed by atoms with Crippen LogP contribution in [0, 0.1) is 18.0 Å². The van der Waals surface area contributed by atoms with E-state index >= 15 is 0 Å². The Morgan fingerprint density at radius 3 is 2.79 bits per heavy atom. The van der Waals surface area contributed by atoms with Gasteiger partial charge in [0.05, 0.1) is 13.2 Å². The molecule has 1 radical (unpaired) electrons. The van der Waals surface area contributed by atoms with Crippen molar-refractivity contribution in [3.63, 3.8) is 0 Å². The number of nitrogens with zero attached hydrogens (tertiary/aromatic N) is 3. The zero-order valence-corrected chi connectivity index (χ0v) is 7.89. The normalized spacial score (nSPS) is 30.7. The van der Waals surface area contributed by atoms with E-state index < -0.39 is 0 Å². The van der Waals surface area contributed by atoms with Gasteiger partial charge in [-0.15, -0.1) is 10.2 Å². The molecule has 14 heavy (non-hydrogen) atoms. The van der Waals surface area contributed by atoms with Gasteiger partial charge in [0.15, 0.2) is 5.82 Å². The number of rotatable bonds is 1. The predicted molar refractivity (Wildman–Crippen MR) is 50.9 cm³/mol. The highest BCUT2D eigenvalue weighted by molar-refractivity contribution is 5.38. The average Bonchev–Trinajstić information content (AvgIpc) is 2.78. The first-order valence-electron chi connectivity index (χ1n) is 4.96. The van der Waals surface area contributed by atoms with Gasteiger partial charge in [0.2, 0.25) is 0 Å². The van der Waals surface area contributed by atoms with Crippen molar-refractivity contribution in [1.82, 2.24) is 10.2 Å². The van der Waals surface area contributed by atoms with Crippen LogP contribution < -0.4 is 4.90 Å². The van der Waals surface area contributed by atoms with Crippen molar-refractivity contribution >= 4 is 5.82 Å². The second-order valence-corrected chi connectivity index (χ2v) is 3.98. The molecule has 0 bridgehead atoms. The predicted octanol–water partition coefficient (Wildman–Crippen LogP) is 0.359. The van der Waals surface area contributed by atoms with Crippen LogP contribution in [0.3, 0.4) is 0 Å². The van der Waals surface area contributed by atoms with Crippen molar-refractivity contribution in [3.8, 4) is 0 Å². The SMILES string of the molecule is [c]1ccc(N2CC3COCC3C2)nn1. The van der Waals surface area contributed by atoms with Crippen molar-refractivity contribution in [2.24, 2.45) is 11.8 Å². The number of fused-ring (bicyclic) bond motifs is 1. The number of anilines is 1. The molecule has 4 heteroatoms. The molecule has 0 aromatic carbocycles. The molecule has 0 saturated carbocycles. The summed E-state index contributed by atoms with van der Waals surface area (Å²) in [4.78, 5) is 2.29. The molecule has 0 aliphatic carbocycles. The highest BCUT2D eigenvalue weighted by atomic mass is 16.5. The van der Waals surface area contributed by atoms with Crippen LogP contribution in [-0.2, 0) is 4.74 Å². The fourth-order valence-electron chi connectivity index (χ4n) is 2.30. The van der Waals surface area contributed by atoms with Crippen LogP contribution in [-0.4, -0.2) is 36.5 Å². The number of hydrogen-bond acceptors (Lipinski definition) is 4. The summed E-state index contributed by atoms with van der Waals surface area (Å²) < 4.78 is 5.43. The van der Waals surface area contributed by atoms with E-state index in [0.717, 1.165) is 32.1 Å². The standard InChI is InChI=1S/C10H12N3O/c1-2-10(12-11-3-1)13-4-8-6-14-7-9(8)5-13/h1-2,8-9H,4-7H2. The molecule has 2 aliphatic heterocycles. The lowest BCUT2D eigenvalue weighted by Gasteiger charge is -2.16. The lowest BCUT2D eigenvalue weighted by atomic mass is 10.0. The maximum atomic E-state index is 5.43. The molecule has 2 atom stereocenters. The van der Waals surface area contributed by atoms with Crippen LogP contribution in [0.4, 0.5) is 5.82 Å². The maximum Gasteiger partial charge on any atom is 0.151 e. The van der Waals surface area contributed by atoms with E-state index in [2.05, 4.69) is 21.3 Å². The molecule has 2 aliphatic rings. The van der Waals surface area contributed by atoms with Crippen LogP contribution >= 0.6 is 0 Å². The third-order valence-electron chi connectivity index (χ3n) is 3.08. The smallest absolute Gasteiger partial charge is 0.151 e. The van der Waals surface area contributed by atoms with Crippen molar-refractivity contribution in [2.75, 3.05) is 31.2 Å². The number of ether oxygens (including phenoxy) is 1. The molecule has 1 aromatic heterocycles. The minimum atomic E-state index is 0.695. The van der Waals surface area contributed by atoms with Gasteiger partial charge < -0.3 is 9.64 Å². The Morgan fingerprint density at radius 1 is 1.36 bits per heavy atom. The summed E-state index contributed by atoms with van der Waals surface area (Å²) in [7, 11) is 0. The van der Waals surface area contributed by atoms with Gasteiger partial charge in [-0.25, -0.2) is 0 Å². The van der Waals surface area contributed by atoms with Crippen molar-refractivity contribution in [2.45, 2.75) is 0 Å². The molecule has 4 nitrogen and oxygen atoms in total. The van der Waals surface area contributed by atoms with Crippen LogP contribution in [0.15, 0.2) is 12.1 Å². The summed E-state index contributed by atoms with van der Waals surface area (Å²) in [5.74, 6) is 2.36. The van der Waals surface area contributed by atoms with Gasteiger partial charge in [-0.3, -0.25) is 0 Å². The first-order chi connectivity index (χ1) is 6.93. The van der Waals surface area contributed by atoms with Crippen molar-refractivity contribution in [1.29, 1.82) is 0 Å². The van der Waals surface area contributed by atoms with E-state index in [0.29, 0.717) is 11.8 Å². The molecule has 1 aromatic rings. The zero-order valence-electron chi connectivity index (χ0n) is 7.89. The molecule has 0 N–H and O–H groups in total. The van der Waals surface area contributed by atoms with Gasteiger partial charge in [0.1, 0.15) is 6.20 Å². The molecule has 0 amide bonds. The van der Waals surface area contributed by atoms with E-state index in [1.54, 1.807) is 0 Å². The Kier molecular flexibility index (Phi) is 1.87. The molecule has 73 valence electrons. The van der Waals surface area contributed by atoms with E-state index in [1.807, 2.05) is 12.1 Å². The molecular weight excluding hydrogens is 178 g/mol. The van der Waals surface area contributed by atoms with Gasteiger partial charge in [0, 0.05) is 24.9 Å². The Balaban J connectivity index is 1.77. The number of aromatic nitrogens is 2. The van der Waals surface area contributed by atoms with E-state index in [-0.39, 0.29) is 0 Å². The van der Waals surface area contributed by atoms with Crippen molar-refractivity contribution in [3.05, 3.63) is 18.3 Å². The minimum absolute atomic E-state index is 0.695. The van der Waals surface area contributed by atoms with Crippen LogP contribution in [0.25, 0.3) is 0 Å². The third kappa shape index (κ3) is 1.26. The summed E-state index contributed by atoms with van der Waals surface area (Å²) in [6.45, 7) is 3.94. The lowest BCUT2D eigenvalue weighted by Crippen LogP contribution is -2.23. The lowest BCUT2D eigenvalue weighted by molar-refractivity contribution is 0.177. The Labute approximate surface area is 82.9 Å².